The van der Waals surface area contributed by atoms with Crippen molar-refractivity contribution in [2.75, 3.05) is 20.2 Å². The van der Waals surface area contributed by atoms with E-state index in [4.69, 9.17) is 4.74 Å². The van der Waals surface area contributed by atoms with Gasteiger partial charge in [0.2, 0.25) is 0 Å². The van der Waals surface area contributed by atoms with Crippen molar-refractivity contribution < 1.29 is 23.6 Å². The van der Waals surface area contributed by atoms with E-state index in [1.165, 1.54) is 13.2 Å². The number of hydrogen-bond acceptors (Lipinski definition) is 3. The highest BCUT2D eigenvalue weighted by Crippen LogP contribution is 2.17. The monoisotopic (exact) mass is 352 g/mol. The summed E-state index contributed by atoms with van der Waals surface area (Å²) in [5.41, 5.74) is 0.776. The topological polar surface area (TPSA) is 71.9 Å². The molecule has 138 valence electrons. The third-order valence-corrected chi connectivity index (χ3v) is 4.52. The molecule has 7 heteroatoms. The molecule has 1 aromatic carbocycles. The Morgan fingerprint density at radius 3 is 2.64 bits per heavy atom. The number of methoxy groups -OCH3 is 1. The third-order valence-electron chi connectivity index (χ3n) is 4.52. The van der Waals surface area contributed by atoms with Gasteiger partial charge in [-0.15, -0.1) is 0 Å². The number of carbonyl (C=O) groups excluding carboxylic acids is 2. The summed E-state index contributed by atoms with van der Waals surface area (Å²) < 4.78 is 18.7. The number of hydrogen-bond donors (Lipinski definition) is 3. The molecule has 25 heavy (non-hydrogen) atoms. The summed E-state index contributed by atoms with van der Waals surface area (Å²) in [6.07, 6.45) is 4.17. The number of benzene rings is 1. The molecule has 0 radical (unpaired) electrons. The van der Waals surface area contributed by atoms with Crippen LogP contribution < -0.4 is 20.3 Å². The van der Waals surface area contributed by atoms with E-state index in [2.05, 4.69) is 10.6 Å². The summed E-state index contributed by atoms with van der Waals surface area (Å²) >= 11 is 0. The van der Waals surface area contributed by atoms with Crippen molar-refractivity contribution in [3.63, 3.8) is 0 Å². The Labute approximate surface area is 147 Å². The molecule has 2 rings (SSSR count). The Morgan fingerprint density at radius 1 is 1.32 bits per heavy atom. The van der Waals surface area contributed by atoms with Gasteiger partial charge in [-0.2, -0.15) is 0 Å². The Kier molecular flexibility index (Phi) is 7.18. The first-order valence-electron chi connectivity index (χ1n) is 8.78. The maximum Gasteiger partial charge on any atom is 0.321 e. The largest absolute Gasteiger partial charge is 0.494 e. The predicted molar refractivity (Wildman–Crippen MR) is 92.0 cm³/mol. The second-order valence-electron chi connectivity index (χ2n) is 6.43. The lowest BCUT2D eigenvalue weighted by molar-refractivity contribution is -0.904. The Balaban J connectivity index is 1.82. The fourth-order valence-electron chi connectivity index (χ4n) is 3.11. The minimum absolute atomic E-state index is 0.155. The Bertz CT molecular complexity index is 603. The normalized spacial score (nSPS) is 15.6. The van der Waals surface area contributed by atoms with Crippen molar-refractivity contribution in [1.29, 1.82) is 0 Å². The molecule has 0 spiro atoms. The van der Waals surface area contributed by atoms with Crippen molar-refractivity contribution in [3.8, 4) is 5.75 Å². The highest BCUT2D eigenvalue weighted by Gasteiger charge is 2.20. The summed E-state index contributed by atoms with van der Waals surface area (Å²) in [5, 5.41) is 5.21. The number of urea groups is 1. The zero-order chi connectivity index (χ0) is 18.2. The molecule has 1 aromatic rings. The van der Waals surface area contributed by atoms with Crippen LogP contribution in [-0.2, 0) is 11.3 Å². The van der Waals surface area contributed by atoms with Gasteiger partial charge in [0.15, 0.2) is 18.1 Å². The van der Waals surface area contributed by atoms with Crippen molar-refractivity contribution in [3.05, 3.63) is 29.6 Å². The summed E-state index contributed by atoms with van der Waals surface area (Å²) in [7, 11) is 1.42. The van der Waals surface area contributed by atoms with E-state index in [-0.39, 0.29) is 24.2 Å². The molecule has 0 heterocycles. The fourth-order valence-corrected chi connectivity index (χ4v) is 3.11. The smallest absolute Gasteiger partial charge is 0.321 e. The van der Waals surface area contributed by atoms with Crippen LogP contribution in [0, 0.1) is 5.82 Å². The number of nitrogens with one attached hydrogen (secondary N) is 3. The van der Waals surface area contributed by atoms with Crippen LogP contribution in [0.2, 0.25) is 0 Å². The molecule has 6 nitrogen and oxygen atoms in total. The number of likely N-dealkylation sites (N-methyl/N-ethyl adjacent to an activating group) is 1. The third kappa shape index (κ3) is 6.01. The molecule has 1 saturated carbocycles. The highest BCUT2D eigenvalue weighted by atomic mass is 19.1. The van der Waals surface area contributed by atoms with Gasteiger partial charge in [0.05, 0.1) is 13.7 Å². The molecule has 0 aromatic heterocycles. The van der Waals surface area contributed by atoms with Gasteiger partial charge in [-0.1, -0.05) is 12.8 Å². The van der Waals surface area contributed by atoms with Crippen LogP contribution in [0.4, 0.5) is 9.18 Å². The van der Waals surface area contributed by atoms with E-state index in [1.54, 1.807) is 12.1 Å². The Hall–Kier alpha value is -2.15. The average Bonchev–Trinajstić information content (AvgIpc) is 3.07. The Morgan fingerprint density at radius 2 is 2.04 bits per heavy atom. The summed E-state index contributed by atoms with van der Waals surface area (Å²) in [6.45, 7) is 3.28. The molecule has 1 fully saturated rings. The summed E-state index contributed by atoms with van der Waals surface area (Å²) in [4.78, 5) is 24.8. The van der Waals surface area contributed by atoms with Gasteiger partial charge in [0, 0.05) is 11.6 Å². The molecule has 0 saturated heterocycles. The number of halogens is 1. The minimum atomic E-state index is -0.428. The van der Waals surface area contributed by atoms with Crippen LogP contribution in [-0.4, -0.2) is 38.2 Å². The molecule has 0 aliphatic heterocycles. The molecule has 1 aliphatic carbocycles. The molecular weight excluding hydrogens is 325 g/mol. The second kappa shape index (κ2) is 9.36. The van der Waals surface area contributed by atoms with Gasteiger partial charge in [0.25, 0.3) is 5.91 Å². The van der Waals surface area contributed by atoms with Crippen LogP contribution in [0.3, 0.4) is 0 Å². The first kappa shape index (κ1) is 19.2. The number of carbonyl (C=O) groups is 2. The van der Waals surface area contributed by atoms with Crippen LogP contribution in [0.25, 0.3) is 0 Å². The van der Waals surface area contributed by atoms with E-state index in [0.29, 0.717) is 13.1 Å². The van der Waals surface area contributed by atoms with E-state index in [0.717, 1.165) is 36.1 Å². The van der Waals surface area contributed by atoms with E-state index in [9.17, 15) is 14.0 Å². The lowest BCUT2D eigenvalue weighted by Gasteiger charge is -2.18. The van der Waals surface area contributed by atoms with Crippen LogP contribution in [0.15, 0.2) is 18.2 Å². The van der Waals surface area contributed by atoms with Gasteiger partial charge in [-0.05, 0) is 38.0 Å². The van der Waals surface area contributed by atoms with E-state index in [1.807, 2.05) is 6.92 Å². The lowest BCUT2D eigenvalue weighted by Crippen LogP contribution is -3.11. The highest BCUT2D eigenvalue weighted by molar-refractivity contribution is 5.94. The van der Waals surface area contributed by atoms with E-state index >= 15 is 0 Å². The van der Waals surface area contributed by atoms with Gasteiger partial charge < -0.3 is 15.0 Å². The van der Waals surface area contributed by atoms with Crippen molar-refractivity contribution in [2.45, 2.75) is 45.2 Å². The number of imide groups is 1. The van der Waals surface area contributed by atoms with Crippen molar-refractivity contribution in [2.24, 2.45) is 0 Å². The van der Waals surface area contributed by atoms with Gasteiger partial charge in [-0.3, -0.25) is 10.1 Å². The number of amides is 3. The number of rotatable bonds is 7. The zero-order valence-corrected chi connectivity index (χ0v) is 14.9. The van der Waals surface area contributed by atoms with Crippen LogP contribution in [0.5, 0.6) is 5.75 Å². The van der Waals surface area contributed by atoms with Gasteiger partial charge >= 0.3 is 6.03 Å². The molecule has 0 bridgehead atoms. The van der Waals surface area contributed by atoms with E-state index < -0.39 is 11.8 Å². The standard InChI is InChI=1S/C18H26FN3O3/c1-3-22(11-13-8-9-16(25-2)15(19)10-13)12-17(23)21-18(24)20-14-6-4-5-7-14/h8-10,14H,3-7,11-12H2,1-2H3,(H2,20,21,23,24)/p+1. The number of quaternary nitrogens is 1. The van der Waals surface area contributed by atoms with Crippen LogP contribution >= 0.6 is 0 Å². The van der Waals surface area contributed by atoms with Crippen molar-refractivity contribution in [1.82, 2.24) is 10.6 Å². The first-order chi connectivity index (χ1) is 12.0. The zero-order valence-electron chi connectivity index (χ0n) is 14.9. The SMILES string of the molecule is CC[NH+](CC(=O)NC(=O)NC1CCCC1)Cc1ccc(OC)c(F)c1. The predicted octanol–water partition coefficient (Wildman–Crippen LogP) is 1.01. The molecule has 3 N–H and O–H groups in total. The number of ether oxygens (including phenoxy) is 1. The maximum absolute atomic E-state index is 13.8. The quantitative estimate of drug-likeness (QED) is 0.686. The summed E-state index contributed by atoms with van der Waals surface area (Å²) in [5.74, 6) is -0.555. The van der Waals surface area contributed by atoms with Gasteiger partial charge in [-0.25, -0.2) is 9.18 Å². The average molecular weight is 352 g/mol. The minimum Gasteiger partial charge on any atom is -0.494 e. The second-order valence-corrected chi connectivity index (χ2v) is 6.43. The lowest BCUT2D eigenvalue weighted by atomic mass is 10.2. The summed E-state index contributed by atoms with van der Waals surface area (Å²) in [6, 6.07) is 4.52. The molecule has 1 aliphatic rings. The van der Waals surface area contributed by atoms with Gasteiger partial charge in [0.1, 0.15) is 6.54 Å². The molecular formula is C18H27FN3O3+. The van der Waals surface area contributed by atoms with Crippen LogP contribution in [0.1, 0.15) is 38.2 Å². The van der Waals surface area contributed by atoms with Crippen molar-refractivity contribution >= 4 is 11.9 Å². The maximum atomic E-state index is 13.8. The molecule has 1 atom stereocenters. The molecule has 3 amide bonds. The first-order valence-corrected chi connectivity index (χ1v) is 8.78. The fraction of sp³-hybridized carbons (Fsp3) is 0.556. The molecule has 1 unspecified atom stereocenters.